The summed E-state index contributed by atoms with van der Waals surface area (Å²) >= 11 is 0. The van der Waals surface area contributed by atoms with Gasteiger partial charge in [0, 0.05) is 19.5 Å². The molecule has 0 aromatic rings. The van der Waals surface area contributed by atoms with Crippen molar-refractivity contribution in [2.24, 2.45) is 0 Å². The molecule has 0 N–H and O–H groups in total. The molecule has 1 heterocycles. The van der Waals surface area contributed by atoms with Gasteiger partial charge in [0.1, 0.15) is 0 Å². The molecule has 0 aromatic heterocycles. The minimum atomic E-state index is 0. The first kappa shape index (κ1) is 9.47. The van der Waals surface area contributed by atoms with Gasteiger partial charge in [-0.15, -0.1) is 0 Å². The zero-order chi connectivity index (χ0) is 6.69. The van der Waals surface area contributed by atoms with Crippen molar-refractivity contribution in [1.82, 2.24) is 4.90 Å². The number of amides is 1. The minimum Gasteiger partial charge on any atom is -0.343 e. The highest BCUT2D eigenvalue weighted by atomic mass is 16.2. The number of hydrogen-bond acceptors (Lipinski definition) is 1. The van der Waals surface area contributed by atoms with Gasteiger partial charge in [0.2, 0.25) is 5.91 Å². The molecule has 1 aliphatic rings. The molecular formula is C8H17NO. The van der Waals surface area contributed by atoms with Gasteiger partial charge in [0.15, 0.2) is 0 Å². The van der Waals surface area contributed by atoms with E-state index in [0.717, 1.165) is 13.1 Å². The van der Waals surface area contributed by atoms with Crippen LogP contribution in [-0.4, -0.2) is 23.9 Å². The van der Waals surface area contributed by atoms with E-state index >= 15 is 0 Å². The van der Waals surface area contributed by atoms with Crippen molar-refractivity contribution in [3.63, 3.8) is 0 Å². The Kier molecular flexibility index (Phi) is 4.08. The summed E-state index contributed by atoms with van der Waals surface area (Å²) in [6.45, 7) is 3.90. The molecule has 60 valence electrons. The van der Waals surface area contributed by atoms with Gasteiger partial charge in [-0.1, -0.05) is 14.4 Å². The molecule has 2 heteroatoms. The van der Waals surface area contributed by atoms with Crippen LogP contribution in [0.4, 0.5) is 0 Å². The Balaban J connectivity index is 0.000000810. The highest BCUT2D eigenvalue weighted by Crippen LogP contribution is 2.07. The van der Waals surface area contributed by atoms with Gasteiger partial charge in [-0.2, -0.15) is 0 Å². The van der Waals surface area contributed by atoms with E-state index in [1.165, 1.54) is 12.8 Å². The van der Waals surface area contributed by atoms with Gasteiger partial charge in [0.05, 0.1) is 0 Å². The molecule has 0 atom stereocenters. The molecule has 10 heavy (non-hydrogen) atoms. The molecule has 0 bridgehead atoms. The summed E-state index contributed by atoms with van der Waals surface area (Å²) in [4.78, 5) is 12.9. The SMILES string of the molecule is C.CCC(=O)N1CCCC1. The lowest BCUT2D eigenvalue weighted by Crippen LogP contribution is -2.26. The first-order valence-corrected chi connectivity index (χ1v) is 3.62. The van der Waals surface area contributed by atoms with Crippen molar-refractivity contribution in [3.05, 3.63) is 0 Å². The second kappa shape index (κ2) is 4.31. The topological polar surface area (TPSA) is 20.3 Å². The first-order valence-electron chi connectivity index (χ1n) is 3.62. The summed E-state index contributed by atoms with van der Waals surface area (Å²) in [5.74, 6) is 0.313. The molecule has 1 fully saturated rings. The zero-order valence-electron chi connectivity index (χ0n) is 5.89. The van der Waals surface area contributed by atoms with Gasteiger partial charge >= 0.3 is 0 Å². The number of hydrogen-bond donors (Lipinski definition) is 0. The largest absolute Gasteiger partial charge is 0.343 e. The van der Waals surface area contributed by atoms with E-state index in [4.69, 9.17) is 0 Å². The normalized spacial score (nSPS) is 16.7. The molecule has 1 rings (SSSR count). The predicted octanol–water partition coefficient (Wildman–Crippen LogP) is 1.65. The van der Waals surface area contributed by atoms with E-state index in [-0.39, 0.29) is 7.43 Å². The van der Waals surface area contributed by atoms with Gasteiger partial charge in [-0.25, -0.2) is 0 Å². The van der Waals surface area contributed by atoms with E-state index in [2.05, 4.69) is 0 Å². The molecule has 0 spiro atoms. The van der Waals surface area contributed by atoms with Crippen LogP contribution in [0, 0.1) is 0 Å². The lowest BCUT2D eigenvalue weighted by atomic mass is 10.4. The van der Waals surface area contributed by atoms with Crippen molar-refractivity contribution in [2.45, 2.75) is 33.6 Å². The predicted molar refractivity (Wildman–Crippen MR) is 42.8 cm³/mol. The third kappa shape index (κ3) is 2.01. The molecule has 0 saturated carbocycles. The van der Waals surface area contributed by atoms with Gasteiger partial charge in [0.25, 0.3) is 0 Å². The third-order valence-corrected chi connectivity index (χ3v) is 1.76. The van der Waals surface area contributed by atoms with Crippen molar-refractivity contribution in [1.29, 1.82) is 0 Å². The van der Waals surface area contributed by atoms with Crippen LogP contribution in [0.15, 0.2) is 0 Å². The van der Waals surface area contributed by atoms with E-state index < -0.39 is 0 Å². The fourth-order valence-corrected chi connectivity index (χ4v) is 1.19. The molecule has 0 radical (unpaired) electrons. The number of rotatable bonds is 1. The monoisotopic (exact) mass is 143 g/mol. The molecule has 0 aromatic carbocycles. The lowest BCUT2D eigenvalue weighted by Gasteiger charge is -2.12. The fraction of sp³-hybridized carbons (Fsp3) is 0.875. The van der Waals surface area contributed by atoms with Crippen molar-refractivity contribution in [3.8, 4) is 0 Å². The highest BCUT2D eigenvalue weighted by Gasteiger charge is 2.14. The van der Waals surface area contributed by atoms with Gasteiger partial charge in [-0.3, -0.25) is 4.79 Å². The Bertz CT molecular complexity index is 106. The van der Waals surface area contributed by atoms with Crippen LogP contribution in [-0.2, 0) is 4.79 Å². The molecular weight excluding hydrogens is 126 g/mol. The second-order valence-electron chi connectivity index (χ2n) is 2.44. The van der Waals surface area contributed by atoms with Crippen molar-refractivity contribution < 1.29 is 4.79 Å². The fourth-order valence-electron chi connectivity index (χ4n) is 1.19. The quantitative estimate of drug-likeness (QED) is 0.546. The van der Waals surface area contributed by atoms with Crippen LogP contribution in [0.3, 0.4) is 0 Å². The average molecular weight is 143 g/mol. The summed E-state index contributed by atoms with van der Waals surface area (Å²) in [7, 11) is 0. The van der Waals surface area contributed by atoms with Crippen LogP contribution >= 0.6 is 0 Å². The summed E-state index contributed by atoms with van der Waals surface area (Å²) in [5, 5.41) is 0. The second-order valence-corrected chi connectivity index (χ2v) is 2.44. The van der Waals surface area contributed by atoms with Crippen LogP contribution < -0.4 is 0 Å². The summed E-state index contributed by atoms with van der Waals surface area (Å²) in [6.07, 6.45) is 3.07. The van der Waals surface area contributed by atoms with Crippen LogP contribution in [0.2, 0.25) is 0 Å². The van der Waals surface area contributed by atoms with E-state index in [0.29, 0.717) is 12.3 Å². The lowest BCUT2D eigenvalue weighted by molar-refractivity contribution is -0.129. The number of nitrogens with zero attached hydrogens (tertiary/aromatic N) is 1. The molecule has 1 saturated heterocycles. The summed E-state index contributed by atoms with van der Waals surface area (Å²) < 4.78 is 0. The maximum atomic E-state index is 10.9. The maximum absolute atomic E-state index is 10.9. The zero-order valence-corrected chi connectivity index (χ0v) is 5.89. The van der Waals surface area contributed by atoms with Gasteiger partial charge < -0.3 is 4.90 Å². The van der Waals surface area contributed by atoms with Crippen LogP contribution in [0.1, 0.15) is 33.6 Å². The molecule has 0 aliphatic carbocycles. The van der Waals surface area contributed by atoms with E-state index in [1.807, 2.05) is 11.8 Å². The summed E-state index contributed by atoms with van der Waals surface area (Å²) in [5.41, 5.74) is 0. The Labute approximate surface area is 63.2 Å². The molecule has 0 unspecified atom stereocenters. The standard InChI is InChI=1S/C7H13NO.CH4/c1-2-7(9)8-5-3-4-6-8;/h2-6H2,1H3;1H4. The molecule has 1 aliphatic heterocycles. The minimum absolute atomic E-state index is 0. The Hall–Kier alpha value is -0.530. The van der Waals surface area contributed by atoms with E-state index in [1.54, 1.807) is 0 Å². The number of carbonyl (C=O) groups excluding carboxylic acids is 1. The smallest absolute Gasteiger partial charge is 0.222 e. The third-order valence-electron chi connectivity index (χ3n) is 1.76. The van der Waals surface area contributed by atoms with Crippen LogP contribution in [0.5, 0.6) is 0 Å². The summed E-state index contributed by atoms with van der Waals surface area (Å²) in [6, 6.07) is 0. The average Bonchev–Trinajstić information content (AvgIpc) is 2.37. The van der Waals surface area contributed by atoms with Crippen molar-refractivity contribution in [2.75, 3.05) is 13.1 Å². The number of carbonyl (C=O) groups is 1. The maximum Gasteiger partial charge on any atom is 0.222 e. The molecule has 1 amide bonds. The van der Waals surface area contributed by atoms with Crippen LogP contribution in [0.25, 0.3) is 0 Å². The first-order chi connectivity index (χ1) is 4.34. The Morgan fingerprint density at radius 2 is 1.90 bits per heavy atom. The Morgan fingerprint density at radius 1 is 1.40 bits per heavy atom. The molecule has 2 nitrogen and oxygen atoms in total. The number of likely N-dealkylation sites (tertiary alicyclic amines) is 1. The Morgan fingerprint density at radius 3 is 2.30 bits per heavy atom. The van der Waals surface area contributed by atoms with Crippen molar-refractivity contribution >= 4 is 5.91 Å². The van der Waals surface area contributed by atoms with Gasteiger partial charge in [-0.05, 0) is 12.8 Å². The van der Waals surface area contributed by atoms with E-state index in [9.17, 15) is 4.79 Å². The highest BCUT2D eigenvalue weighted by molar-refractivity contribution is 5.75.